The third-order valence-electron chi connectivity index (χ3n) is 1.83. The van der Waals surface area contributed by atoms with Gasteiger partial charge in [0.05, 0.1) is 12.1 Å². The van der Waals surface area contributed by atoms with Gasteiger partial charge in [-0.2, -0.15) is 0 Å². The van der Waals surface area contributed by atoms with Crippen molar-refractivity contribution in [2.75, 3.05) is 13.1 Å². The average Bonchev–Trinajstić information content (AvgIpc) is 2.27. The van der Waals surface area contributed by atoms with E-state index in [0.29, 0.717) is 12.1 Å². The Morgan fingerprint density at radius 2 is 2.06 bits per heavy atom. The predicted octanol–water partition coefficient (Wildman–Crippen LogP) is -0.759. The Morgan fingerprint density at radius 1 is 1.31 bits per heavy atom. The summed E-state index contributed by atoms with van der Waals surface area (Å²) in [4.78, 5) is 35.6. The number of H-pyrrole nitrogens is 1. The Morgan fingerprint density at radius 3 is 2.62 bits per heavy atom. The number of pyridine rings is 1. The van der Waals surface area contributed by atoms with E-state index in [9.17, 15) is 14.4 Å². The molecule has 0 bridgehead atoms. The van der Waals surface area contributed by atoms with Crippen LogP contribution in [-0.2, 0) is 4.79 Å². The molecule has 1 rings (SSSR count). The van der Waals surface area contributed by atoms with E-state index in [0.717, 1.165) is 0 Å². The number of aromatic nitrogens is 1. The molecular formula is C10H13N3O3. The number of carbonyl (C=O) groups is 2. The lowest BCUT2D eigenvalue weighted by molar-refractivity contribution is -0.120. The molecule has 0 aliphatic heterocycles. The fraction of sp³-hybridized carbons (Fsp3) is 0.300. The van der Waals surface area contributed by atoms with Crippen LogP contribution in [0.4, 0.5) is 0 Å². The minimum absolute atomic E-state index is 0.0776. The Kier molecular flexibility index (Phi) is 4.26. The van der Waals surface area contributed by atoms with Gasteiger partial charge in [-0.25, -0.2) is 0 Å². The summed E-state index contributed by atoms with van der Waals surface area (Å²) in [5.41, 5.74) is 0.0316. The van der Waals surface area contributed by atoms with E-state index in [1.54, 1.807) is 6.92 Å². The predicted molar refractivity (Wildman–Crippen MR) is 58.1 cm³/mol. The van der Waals surface area contributed by atoms with Crippen molar-refractivity contribution in [3.8, 4) is 0 Å². The van der Waals surface area contributed by atoms with Gasteiger partial charge < -0.3 is 15.6 Å². The number of amides is 2. The van der Waals surface area contributed by atoms with Crippen molar-refractivity contribution in [3.63, 3.8) is 0 Å². The first-order valence-corrected chi connectivity index (χ1v) is 4.87. The minimum Gasteiger partial charge on any atom is -0.355 e. The van der Waals surface area contributed by atoms with Gasteiger partial charge in [-0.3, -0.25) is 14.4 Å². The molecule has 6 heteroatoms. The lowest BCUT2D eigenvalue weighted by atomic mass is 10.2. The molecule has 0 atom stereocenters. The Labute approximate surface area is 92.1 Å². The van der Waals surface area contributed by atoms with Crippen molar-refractivity contribution >= 4 is 11.8 Å². The highest BCUT2D eigenvalue weighted by atomic mass is 16.2. The molecule has 16 heavy (non-hydrogen) atoms. The van der Waals surface area contributed by atoms with Crippen LogP contribution in [0.3, 0.4) is 0 Å². The van der Waals surface area contributed by atoms with Gasteiger partial charge in [0.25, 0.3) is 5.91 Å². The van der Waals surface area contributed by atoms with Crippen molar-refractivity contribution in [1.82, 2.24) is 15.6 Å². The molecule has 1 aromatic rings. The number of likely N-dealkylation sites (N-methyl/N-ethyl adjacent to an activating group) is 1. The molecule has 6 nitrogen and oxygen atoms in total. The summed E-state index contributed by atoms with van der Waals surface area (Å²) in [5.74, 6) is -0.650. The van der Waals surface area contributed by atoms with E-state index in [4.69, 9.17) is 0 Å². The van der Waals surface area contributed by atoms with Crippen LogP contribution >= 0.6 is 0 Å². The van der Waals surface area contributed by atoms with Gasteiger partial charge in [0, 0.05) is 18.8 Å². The molecule has 2 amide bonds. The maximum Gasteiger partial charge on any atom is 0.253 e. The molecule has 0 spiro atoms. The molecule has 0 saturated carbocycles. The maximum atomic E-state index is 11.5. The zero-order chi connectivity index (χ0) is 12.0. The highest BCUT2D eigenvalue weighted by Crippen LogP contribution is 1.91. The minimum atomic E-state index is -0.400. The smallest absolute Gasteiger partial charge is 0.253 e. The number of aromatic amines is 1. The first kappa shape index (κ1) is 12.0. The van der Waals surface area contributed by atoms with Crippen LogP contribution in [0.2, 0.25) is 0 Å². The van der Waals surface area contributed by atoms with Crippen LogP contribution in [0.1, 0.15) is 17.3 Å². The maximum absolute atomic E-state index is 11.5. The summed E-state index contributed by atoms with van der Waals surface area (Å²) in [6.45, 7) is 2.24. The topological polar surface area (TPSA) is 91.1 Å². The van der Waals surface area contributed by atoms with E-state index in [2.05, 4.69) is 15.6 Å². The van der Waals surface area contributed by atoms with Crippen LogP contribution in [0.15, 0.2) is 23.1 Å². The lowest BCUT2D eigenvalue weighted by Gasteiger charge is -2.04. The number of hydrogen-bond donors (Lipinski definition) is 3. The van der Waals surface area contributed by atoms with Gasteiger partial charge >= 0.3 is 0 Å². The zero-order valence-electron chi connectivity index (χ0n) is 8.87. The van der Waals surface area contributed by atoms with Gasteiger partial charge in [-0.05, 0) is 13.0 Å². The number of hydrogen-bond acceptors (Lipinski definition) is 3. The van der Waals surface area contributed by atoms with Crippen LogP contribution in [0, 0.1) is 0 Å². The molecule has 3 N–H and O–H groups in total. The van der Waals surface area contributed by atoms with Crippen LogP contribution in [0.25, 0.3) is 0 Å². The van der Waals surface area contributed by atoms with Gasteiger partial charge in [-0.15, -0.1) is 0 Å². The quantitative estimate of drug-likeness (QED) is 0.626. The normalized spacial score (nSPS) is 9.56. The molecule has 86 valence electrons. The third kappa shape index (κ3) is 3.56. The van der Waals surface area contributed by atoms with Gasteiger partial charge in [0.15, 0.2) is 0 Å². The summed E-state index contributed by atoms with van der Waals surface area (Å²) in [5, 5.41) is 4.98. The molecule has 1 heterocycles. The van der Waals surface area contributed by atoms with E-state index in [-0.39, 0.29) is 18.0 Å². The molecule has 0 aliphatic rings. The second kappa shape index (κ2) is 5.69. The van der Waals surface area contributed by atoms with Gasteiger partial charge in [-0.1, -0.05) is 0 Å². The van der Waals surface area contributed by atoms with Crippen LogP contribution in [0.5, 0.6) is 0 Å². The highest BCUT2D eigenvalue weighted by molar-refractivity contribution is 5.96. The molecular weight excluding hydrogens is 210 g/mol. The number of rotatable bonds is 4. The largest absolute Gasteiger partial charge is 0.355 e. The monoisotopic (exact) mass is 223 g/mol. The summed E-state index contributed by atoms with van der Waals surface area (Å²) in [6.07, 6.45) is 1.30. The fourth-order valence-corrected chi connectivity index (χ4v) is 1.07. The molecule has 0 aliphatic carbocycles. The fourth-order valence-electron chi connectivity index (χ4n) is 1.07. The van der Waals surface area contributed by atoms with Gasteiger partial charge in [0.2, 0.25) is 11.5 Å². The van der Waals surface area contributed by atoms with E-state index in [1.165, 1.54) is 18.3 Å². The molecule has 0 aromatic carbocycles. The zero-order valence-corrected chi connectivity index (χ0v) is 8.87. The molecule has 0 fully saturated rings. The van der Waals surface area contributed by atoms with Crippen molar-refractivity contribution in [1.29, 1.82) is 0 Å². The standard InChI is InChI=1S/C10H13N3O3/c1-2-11-9(15)6-13-10(16)7-3-4-8(14)12-5-7/h3-5H,2,6H2,1H3,(H,11,15)(H,12,14)(H,13,16). The summed E-state index contributed by atoms with van der Waals surface area (Å²) in [6, 6.07) is 2.65. The first-order valence-electron chi connectivity index (χ1n) is 4.87. The molecule has 0 saturated heterocycles. The van der Waals surface area contributed by atoms with E-state index >= 15 is 0 Å². The molecule has 1 aromatic heterocycles. The Bertz CT molecular complexity index is 419. The van der Waals surface area contributed by atoms with Crippen molar-refractivity contribution in [2.24, 2.45) is 0 Å². The Hall–Kier alpha value is -2.11. The van der Waals surface area contributed by atoms with Crippen LogP contribution in [-0.4, -0.2) is 29.9 Å². The summed E-state index contributed by atoms with van der Waals surface area (Å²) in [7, 11) is 0. The van der Waals surface area contributed by atoms with Crippen molar-refractivity contribution in [2.45, 2.75) is 6.92 Å². The third-order valence-corrected chi connectivity index (χ3v) is 1.83. The van der Waals surface area contributed by atoms with E-state index < -0.39 is 5.91 Å². The van der Waals surface area contributed by atoms with Gasteiger partial charge in [0.1, 0.15) is 0 Å². The van der Waals surface area contributed by atoms with Crippen molar-refractivity contribution < 1.29 is 9.59 Å². The van der Waals surface area contributed by atoms with Crippen LogP contribution < -0.4 is 16.2 Å². The first-order chi connectivity index (χ1) is 7.63. The Balaban J connectivity index is 2.50. The SMILES string of the molecule is CCNC(=O)CNC(=O)c1ccc(=O)[nH]c1. The average molecular weight is 223 g/mol. The second-order valence-corrected chi connectivity index (χ2v) is 3.08. The molecule has 0 unspecified atom stereocenters. The van der Waals surface area contributed by atoms with Crippen molar-refractivity contribution in [3.05, 3.63) is 34.2 Å². The number of carbonyl (C=O) groups excluding carboxylic acids is 2. The summed E-state index contributed by atoms with van der Waals surface area (Å²) < 4.78 is 0. The second-order valence-electron chi connectivity index (χ2n) is 3.08. The lowest BCUT2D eigenvalue weighted by Crippen LogP contribution is -2.36. The summed E-state index contributed by atoms with van der Waals surface area (Å²) >= 11 is 0. The molecule has 0 radical (unpaired) electrons. The highest BCUT2D eigenvalue weighted by Gasteiger charge is 2.06. The van der Waals surface area contributed by atoms with E-state index in [1.807, 2.05) is 0 Å². The number of nitrogens with one attached hydrogen (secondary N) is 3.